The van der Waals surface area contributed by atoms with E-state index in [-0.39, 0.29) is 16.2 Å². The third-order valence-corrected chi connectivity index (χ3v) is 10.7. The third-order valence-electron chi connectivity index (χ3n) is 10.7. The predicted octanol–water partition coefficient (Wildman–Crippen LogP) is 13.4. The Balaban J connectivity index is 1.21. The standard InChI is InChI=1S/C50H52N4O/c1-48(2,3)36-19-21-38(22-20-36)53-33-52(32-46(53)50(7,8)9)39-27-35(34-15-11-10-12-16-34)28-41(30-39)55-40-23-24-43-42-17-13-14-18-44(42)54(45(43)31-40)47-29-37(25-26-51-47)49(4,5)6/h10-32H,33H2,1-9H3. The Morgan fingerprint density at radius 2 is 1.22 bits per heavy atom. The number of allylic oxidation sites excluding steroid dienone is 1. The van der Waals surface area contributed by atoms with Gasteiger partial charge in [-0.2, -0.15) is 0 Å². The first-order valence-corrected chi connectivity index (χ1v) is 19.4. The van der Waals surface area contributed by atoms with Crippen molar-refractivity contribution < 1.29 is 4.74 Å². The molecule has 0 N–H and O–H groups in total. The summed E-state index contributed by atoms with van der Waals surface area (Å²) in [5, 5.41) is 2.35. The van der Waals surface area contributed by atoms with Crippen LogP contribution in [0.5, 0.6) is 11.5 Å². The average Bonchev–Trinajstić information content (AvgIpc) is 3.75. The minimum Gasteiger partial charge on any atom is -0.457 e. The molecular formula is C50H52N4O. The van der Waals surface area contributed by atoms with Gasteiger partial charge in [-0.25, -0.2) is 4.98 Å². The number of para-hydroxylation sites is 1. The van der Waals surface area contributed by atoms with Gasteiger partial charge in [0.05, 0.1) is 17.7 Å². The Morgan fingerprint density at radius 1 is 0.527 bits per heavy atom. The summed E-state index contributed by atoms with van der Waals surface area (Å²) in [6, 6.07) is 45.6. The van der Waals surface area contributed by atoms with Crippen molar-refractivity contribution in [2.24, 2.45) is 5.41 Å². The topological polar surface area (TPSA) is 33.5 Å². The van der Waals surface area contributed by atoms with Crippen LogP contribution in [0, 0.1) is 5.41 Å². The van der Waals surface area contributed by atoms with E-state index in [0.717, 1.165) is 50.6 Å². The first-order valence-electron chi connectivity index (χ1n) is 19.4. The fraction of sp³-hybridized carbons (Fsp3) is 0.260. The molecule has 7 aromatic rings. The molecular weight excluding hydrogens is 673 g/mol. The number of fused-ring (bicyclic) bond motifs is 3. The van der Waals surface area contributed by atoms with Crippen LogP contribution in [0.1, 0.15) is 73.4 Å². The highest BCUT2D eigenvalue weighted by Gasteiger charge is 2.32. The molecule has 5 aromatic carbocycles. The molecule has 0 atom stereocenters. The third kappa shape index (κ3) is 7.12. The molecule has 1 aliphatic heterocycles. The highest BCUT2D eigenvalue weighted by Crippen LogP contribution is 2.42. The van der Waals surface area contributed by atoms with Gasteiger partial charge in [0, 0.05) is 57.8 Å². The first kappa shape index (κ1) is 36.2. The second-order valence-electron chi connectivity index (χ2n) is 18.0. The van der Waals surface area contributed by atoms with Crippen LogP contribution in [-0.4, -0.2) is 16.2 Å². The van der Waals surface area contributed by atoms with Crippen molar-refractivity contribution in [2.75, 3.05) is 16.5 Å². The molecule has 8 rings (SSSR count). The Morgan fingerprint density at radius 3 is 1.93 bits per heavy atom. The van der Waals surface area contributed by atoms with Crippen LogP contribution in [0.4, 0.5) is 11.4 Å². The Bertz CT molecular complexity index is 2540. The minimum atomic E-state index is -0.0665. The largest absolute Gasteiger partial charge is 0.457 e. The van der Waals surface area contributed by atoms with Gasteiger partial charge < -0.3 is 14.5 Å². The summed E-state index contributed by atoms with van der Waals surface area (Å²) in [6.45, 7) is 21.1. The zero-order valence-corrected chi connectivity index (χ0v) is 33.7. The molecule has 5 heteroatoms. The summed E-state index contributed by atoms with van der Waals surface area (Å²) >= 11 is 0. The van der Waals surface area contributed by atoms with Crippen LogP contribution in [0.15, 0.2) is 145 Å². The maximum absolute atomic E-state index is 6.87. The van der Waals surface area contributed by atoms with E-state index in [1.807, 2.05) is 6.20 Å². The van der Waals surface area contributed by atoms with Gasteiger partial charge in [0.1, 0.15) is 17.3 Å². The normalized spacial score (nSPS) is 13.9. The number of ether oxygens (including phenoxy) is 1. The predicted molar refractivity (Wildman–Crippen MR) is 232 cm³/mol. The van der Waals surface area contributed by atoms with Crippen molar-refractivity contribution in [2.45, 2.75) is 73.1 Å². The van der Waals surface area contributed by atoms with E-state index in [1.54, 1.807) is 0 Å². The van der Waals surface area contributed by atoms with Gasteiger partial charge in [-0.3, -0.25) is 4.57 Å². The van der Waals surface area contributed by atoms with Crippen molar-refractivity contribution in [3.05, 3.63) is 157 Å². The maximum Gasteiger partial charge on any atom is 0.137 e. The van der Waals surface area contributed by atoms with E-state index in [1.165, 1.54) is 27.9 Å². The lowest BCUT2D eigenvalue weighted by Crippen LogP contribution is -2.30. The highest BCUT2D eigenvalue weighted by atomic mass is 16.5. The molecule has 0 saturated heterocycles. The monoisotopic (exact) mass is 724 g/mol. The number of pyridine rings is 1. The van der Waals surface area contributed by atoms with Crippen molar-refractivity contribution >= 4 is 33.2 Å². The average molecular weight is 725 g/mol. The number of anilines is 2. The Kier molecular flexibility index (Phi) is 8.87. The van der Waals surface area contributed by atoms with Crippen molar-refractivity contribution in [3.8, 4) is 28.4 Å². The molecule has 0 saturated carbocycles. The number of hydrogen-bond acceptors (Lipinski definition) is 4. The van der Waals surface area contributed by atoms with Crippen LogP contribution in [0.25, 0.3) is 38.8 Å². The van der Waals surface area contributed by atoms with Gasteiger partial charge in [-0.15, -0.1) is 0 Å². The zero-order valence-electron chi connectivity index (χ0n) is 33.7. The van der Waals surface area contributed by atoms with E-state index in [2.05, 4.69) is 210 Å². The molecule has 5 nitrogen and oxygen atoms in total. The van der Waals surface area contributed by atoms with Crippen LogP contribution in [0.2, 0.25) is 0 Å². The van der Waals surface area contributed by atoms with Gasteiger partial charge >= 0.3 is 0 Å². The Hall–Kier alpha value is -5.81. The maximum atomic E-state index is 6.87. The molecule has 0 spiro atoms. The van der Waals surface area contributed by atoms with E-state index >= 15 is 0 Å². The van der Waals surface area contributed by atoms with Crippen molar-refractivity contribution in [1.82, 2.24) is 9.55 Å². The lowest BCUT2D eigenvalue weighted by atomic mass is 9.87. The summed E-state index contributed by atoms with van der Waals surface area (Å²) in [4.78, 5) is 9.68. The molecule has 55 heavy (non-hydrogen) atoms. The summed E-state index contributed by atoms with van der Waals surface area (Å²) in [5.74, 6) is 2.45. The summed E-state index contributed by atoms with van der Waals surface area (Å²) in [6.07, 6.45) is 4.24. The number of benzene rings is 5. The van der Waals surface area contributed by atoms with Crippen molar-refractivity contribution in [1.29, 1.82) is 0 Å². The molecule has 0 amide bonds. The molecule has 0 radical (unpaired) electrons. The molecule has 0 fully saturated rings. The molecule has 278 valence electrons. The molecule has 0 bridgehead atoms. The summed E-state index contributed by atoms with van der Waals surface area (Å²) < 4.78 is 9.14. The van der Waals surface area contributed by atoms with E-state index in [4.69, 9.17) is 9.72 Å². The lowest BCUT2D eigenvalue weighted by Gasteiger charge is -2.31. The molecule has 1 aliphatic rings. The molecule has 0 aliphatic carbocycles. The SMILES string of the molecule is CC(C)(C)C1=CN(c2cc(Oc3ccc4c5ccccc5n(-c5cc(C(C)(C)C)ccn5)c4c3)cc(-c3ccccc3)c2)CN1c1ccc(C(C)(C)C)cc1. The Labute approximate surface area is 326 Å². The van der Waals surface area contributed by atoms with Gasteiger partial charge in [-0.1, -0.05) is 123 Å². The number of aromatic nitrogens is 2. The smallest absolute Gasteiger partial charge is 0.137 e. The molecule has 0 unspecified atom stereocenters. The van der Waals surface area contributed by atoms with E-state index < -0.39 is 0 Å². The van der Waals surface area contributed by atoms with Crippen LogP contribution >= 0.6 is 0 Å². The van der Waals surface area contributed by atoms with Gasteiger partial charge in [-0.05, 0) is 87.7 Å². The fourth-order valence-corrected chi connectivity index (χ4v) is 7.61. The van der Waals surface area contributed by atoms with Gasteiger partial charge in [0.25, 0.3) is 0 Å². The minimum absolute atomic E-state index is 0.00170. The number of nitrogens with zero attached hydrogens (tertiary/aromatic N) is 4. The van der Waals surface area contributed by atoms with Crippen LogP contribution in [-0.2, 0) is 10.8 Å². The highest BCUT2D eigenvalue weighted by molar-refractivity contribution is 6.09. The fourth-order valence-electron chi connectivity index (χ4n) is 7.61. The summed E-state index contributed by atoms with van der Waals surface area (Å²) in [7, 11) is 0. The second kappa shape index (κ2) is 13.5. The van der Waals surface area contributed by atoms with Gasteiger partial charge in [0.2, 0.25) is 0 Å². The lowest BCUT2D eigenvalue weighted by molar-refractivity contribution is 0.483. The zero-order chi connectivity index (χ0) is 38.7. The van der Waals surface area contributed by atoms with E-state index in [9.17, 15) is 0 Å². The number of hydrogen-bond donors (Lipinski definition) is 0. The molecule has 3 heterocycles. The second-order valence-corrected chi connectivity index (χ2v) is 18.0. The van der Waals surface area contributed by atoms with Crippen LogP contribution < -0.4 is 14.5 Å². The van der Waals surface area contributed by atoms with E-state index in [0.29, 0.717) is 6.67 Å². The summed E-state index contributed by atoms with van der Waals surface area (Å²) in [5.41, 5.74) is 10.6. The quantitative estimate of drug-likeness (QED) is 0.171. The number of rotatable bonds is 6. The van der Waals surface area contributed by atoms with Crippen molar-refractivity contribution in [3.63, 3.8) is 0 Å². The molecule has 2 aromatic heterocycles. The first-order chi connectivity index (χ1) is 26.1. The van der Waals surface area contributed by atoms with Crippen LogP contribution in [0.3, 0.4) is 0 Å². The van der Waals surface area contributed by atoms with Gasteiger partial charge in [0.15, 0.2) is 0 Å².